The number of hydrogen-bond acceptors (Lipinski definition) is 6. The predicted octanol–water partition coefficient (Wildman–Crippen LogP) is 0.913. The molecule has 0 radical (unpaired) electrons. The van der Waals surface area contributed by atoms with Crippen LogP contribution in [0.15, 0.2) is 24.3 Å². The lowest BCUT2D eigenvalue weighted by Crippen LogP contribution is -2.57. The highest BCUT2D eigenvalue weighted by molar-refractivity contribution is 5.94. The number of aliphatic carboxylic acids is 1. The molecule has 0 aromatic heterocycles. The summed E-state index contributed by atoms with van der Waals surface area (Å²) in [4.78, 5) is 49.5. The van der Waals surface area contributed by atoms with Crippen LogP contribution < -0.4 is 21.7 Å². The van der Waals surface area contributed by atoms with Gasteiger partial charge >= 0.3 is 5.97 Å². The number of nitrogens with two attached hydrogens (primary N) is 1. The van der Waals surface area contributed by atoms with Crippen LogP contribution in [0.5, 0.6) is 5.75 Å². The highest BCUT2D eigenvalue weighted by atomic mass is 16.4. The maximum Gasteiger partial charge on any atom is 0.326 e. The summed E-state index contributed by atoms with van der Waals surface area (Å²) in [6.45, 7) is 8.79. The van der Waals surface area contributed by atoms with Crippen molar-refractivity contribution in [3.05, 3.63) is 29.8 Å². The summed E-state index contributed by atoms with van der Waals surface area (Å²) < 4.78 is 0. The topological polar surface area (TPSA) is 171 Å². The van der Waals surface area contributed by atoms with Crippen molar-refractivity contribution >= 4 is 23.7 Å². The van der Waals surface area contributed by atoms with Crippen molar-refractivity contribution in [2.75, 3.05) is 0 Å². The van der Waals surface area contributed by atoms with Crippen LogP contribution in [0.4, 0.5) is 0 Å². The van der Waals surface area contributed by atoms with Gasteiger partial charge in [0.05, 0.1) is 6.04 Å². The van der Waals surface area contributed by atoms with Crippen LogP contribution in [-0.4, -0.2) is 58.1 Å². The molecule has 0 fully saturated rings. The summed E-state index contributed by atoms with van der Waals surface area (Å²) in [5, 5.41) is 26.5. The molecule has 0 aliphatic carbocycles. The van der Waals surface area contributed by atoms with Gasteiger partial charge in [0, 0.05) is 0 Å². The number of hydrogen-bond donors (Lipinski definition) is 6. The SMILES string of the molecule is CCC(C)C(NC(=O)C(CC(C)C)NC(=O)C(C)NC(=O)C(N)Cc1ccc(O)cc1)C(=O)O. The number of carboxylic acids is 1. The van der Waals surface area contributed by atoms with Gasteiger partial charge in [-0.3, -0.25) is 14.4 Å². The molecular formula is C24H38N4O6. The molecule has 1 rings (SSSR count). The van der Waals surface area contributed by atoms with Crippen LogP contribution in [0, 0.1) is 11.8 Å². The lowest BCUT2D eigenvalue weighted by Gasteiger charge is -2.26. The van der Waals surface area contributed by atoms with E-state index in [0.717, 1.165) is 5.56 Å². The molecule has 0 saturated heterocycles. The number of carbonyl (C=O) groups excluding carboxylic acids is 3. The highest BCUT2D eigenvalue weighted by Gasteiger charge is 2.31. The van der Waals surface area contributed by atoms with Gasteiger partial charge in [-0.2, -0.15) is 0 Å². The van der Waals surface area contributed by atoms with E-state index in [4.69, 9.17) is 5.73 Å². The molecule has 1 aromatic rings. The van der Waals surface area contributed by atoms with Crippen molar-refractivity contribution in [2.45, 2.75) is 78.0 Å². The Bertz CT molecular complexity index is 842. The molecule has 34 heavy (non-hydrogen) atoms. The molecule has 5 unspecified atom stereocenters. The van der Waals surface area contributed by atoms with E-state index in [1.165, 1.54) is 19.1 Å². The number of aromatic hydroxyl groups is 1. The van der Waals surface area contributed by atoms with Crippen LogP contribution in [0.2, 0.25) is 0 Å². The normalized spacial score (nSPS) is 15.5. The van der Waals surface area contributed by atoms with Gasteiger partial charge in [0.25, 0.3) is 0 Å². The highest BCUT2D eigenvalue weighted by Crippen LogP contribution is 2.12. The van der Waals surface area contributed by atoms with Crippen molar-refractivity contribution in [1.29, 1.82) is 0 Å². The Morgan fingerprint density at radius 1 is 0.912 bits per heavy atom. The zero-order chi connectivity index (χ0) is 26.0. The molecular weight excluding hydrogens is 440 g/mol. The Morgan fingerprint density at radius 3 is 2.00 bits per heavy atom. The number of carboxylic acid groups (broad SMARTS) is 1. The van der Waals surface area contributed by atoms with E-state index in [-0.39, 0.29) is 24.0 Å². The van der Waals surface area contributed by atoms with E-state index >= 15 is 0 Å². The molecule has 0 spiro atoms. The maximum absolute atomic E-state index is 12.8. The molecule has 7 N–H and O–H groups in total. The van der Waals surface area contributed by atoms with Crippen LogP contribution in [-0.2, 0) is 25.6 Å². The molecule has 1 aromatic carbocycles. The summed E-state index contributed by atoms with van der Waals surface area (Å²) in [5.74, 6) is -2.98. The third-order valence-electron chi connectivity index (χ3n) is 5.60. The fourth-order valence-corrected chi connectivity index (χ4v) is 3.30. The number of amides is 3. The second-order valence-corrected chi connectivity index (χ2v) is 9.11. The summed E-state index contributed by atoms with van der Waals surface area (Å²) >= 11 is 0. The summed E-state index contributed by atoms with van der Waals surface area (Å²) in [7, 11) is 0. The van der Waals surface area contributed by atoms with E-state index in [1.54, 1.807) is 19.1 Å². The van der Waals surface area contributed by atoms with E-state index in [2.05, 4.69) is 16.0 Å². The second kappa shape index (κ2) is 13.5. The first-order valence-corrected chi connectivity index (χ1v) is 11.5. The minimum atomic E-state index is -1.14. The maximum atomic E-state index is 12.8. The molecule has 3 amide bonds. The third-order valence-corrected chi connectivity index (χ3v) is 5.60. The van der Waals surface area contributed by atoms with Gasteiger partial charge < -0.3 is 31.9 Å². The molecule has 5 atom stereocenters. The van der Waals surface area contributed by atoms with Gasteiger partial charge in [-0.1, -0.05) is 46.2 Å². The number of rotatable bonds is 13. The fourth-order valence-electron chi connectivity index (χ4n) is 3.30. The molecule has 0 saturated carbocycles. The van der Waals surface area contributed by atoms with Crippen LogP contribution in [0.3, 0.4) is 0 Å². The number of benzene rings is 1. The first-order chi connectivity index (χ1) is 15.8. The van der Waals surface area contributed by atoms with Gasteiger partial charge in [-0.15, -0.1) is 0 Å². The quantitative estimate of drug-likeness (QED) is 0.245. The van der Waals surface area contributed by atoms with Crippen molar-refractivity contribution in [3.63, 3.8) is 0 Å². The monoisotopic (exact) mass is 478 g/mol. The Labute approximate surface area is 200 Å². The molecule has 0 bridgehead atoms. The van der Waals surface area contributed by atoms with Gasteiger partial charge in [0.2, 0.25) is 17.7 Å². The predicted molar refractivity (Wildman–Crippen MR) is 128 cm³/mol. The zero-order valence-electron chi connectivity index (χ0n) is 20.5. The number of phenolic OH excluding ortho intramolecular Hbond substituents is 1. The molecule has 10 nitrogen and oxygen atoms in total. The smallest absolute Gasteiger partial charge is 0.326 e. The lowest BCUT2D eigenvalue weighted by atomic mass is 9.97. The second-order valence-electron chi connectivity index (χ2n) is 9.11. The van der Waals surface area contributed by atoms with Gasteiger partial charge in [-0.05, 0) is 49.3 Å². The minimum Gasteiger partial charge on any atom is -0.508 e. The molecule has 0 aliphatic rings. The van der Waals surface area contributed by atoms with Crippen LogP contribution >= 0.6 is 0 Å². The largest absolute Gasteiger partial charge is 0.508 e. The molecule has 0 heterocycles. The third kappa shape index (κ3) is 9.38. The van der Waals surface area contributed by atoms with Crippen LogP contribution in [0.25, 0.3) is 0 Å². The van der Waals surface area contributed by atoms with E-state index in [9.17, 15) is 29.4 Å². The molecule has 0 aliphatic heterocycles. The average Bonchev–Trinajstić information content (AvgIpc) is 2.76. The van der Waals surface area contributed by atoms with Crippen molar-refractivity contribution in [3.8, 4) is 5.75 Å². The number of nitrogens with one attached hydrogen (secondary N) is 3. The first kappa shape index (κ1) is 28.9. The zero-order valence-corrected chi connectivity index (χ0v) is 20.5. The average molecular weight is 479 g/mol. The van der Waals surface area contributed by atoms with Crippen molar-refractivity contribution in [2.24, 2.45) is 17.6 Å². The Morgan fingerprint density at radius 2 is 1.50 bits per heavy atom. The van der Waals surface area contributed by atoms with Gasteiger partial charge in [0.15, 0.2) is 0 Å². The van der Waals surface area contributed by atoms with Crippen molar-refractivity contribution < 1.29 is 29.4 Å². The Hall–Kier alpha value is -3.14. The Kier molecular flexibility index (Phi) is 11.5. The fraction of sp³-hybridized carbons (Fsp3) is 0.583. The van der Waals surface area contributed by atoms with E-state index in [0.29, 0.717) is 12.8 Å². The summed E-state index contributed by atoms with van der Waals surface area (Å²) in [6.07, 6.45) is 1.07. The number of phenols is 1. The van der Waals surface area contributed by atoms with Gasteiger partial charge in [0.1, 0.15) is 23.9 Å². The Balaban J connectivity index is 2.77. The number of carbonyl (C=O) groups is 4. The first-order valence-electron chi connectivity index (χ1n) is 11.5. The standard InChI is InChI=1S/C24H38N4O6/c1-6-14(4)20(24(33)34)28-23(32)19(11-13(2)3)27-21(30)15(5)26-22(31)18(25)12-16-7-9-17(29)10-8-16/h7-10,13-15,18-20,29H,6,11-12,25H2,1-5H3,(H,26,31)(H,27,30)(H,28,32)(H,33,34). The van der Waals surface area contributed by atoms with E-state index < -0.39 is 47.9 Å². The summed E-state index contributed by atoms with van der Waals surface area (Å²) in [6, 6.07) is 2.38. The van der Waals surface area contributed by atoms with E-state index in [1.807, 2.05) is 20.8 Å². The van der Waals surface area contributed by atoms with Gasteiger partial charge in [-0.25, -0.2) is 4.79 Å². The van der Waals surface area contributed by atoms with Crippen LogP contribution in [0.1, 0.15) is 53.0 Å². The molecule has 10 heteroatoms. The van der Waals surface area contributed by atoms with Crippen molar-refractivity contribution in [1.82, 2.24) is 16.0 Å². The molecule has 190 valence electrons. The minimum absolute atomic E-state index is 0.0477. The lowest BCUT2D eigenvalue weighted by molar-refractivity contribution is -0.144. The summed E-state index contributed by atoms with van der Waals surface area (Å²) in [5.41, 5.74) is 6.70.